The molecule has 0 amide bonds. The van der Waals surface area contributed by atoms with Crippen LogP contribution in [0, 0.1) is 5.82 Å². The fraction of sp³-hybridized carbons (Fsp3) is 0.571. The number of benzene rings is 1. The molecular weight excluding hydrogens is 258 g/mol. The van der Waals surface area contributed by atoms with E-state index in [0.29, 0.717) is 6.42 Å². The van der Waals surface area contributed by atoms with Crippen molar-refractivity contribution < 1.29 is 17.6 Å². The lowest BCUT2D eigenvalue weighted by Crippen LogP contribution is -2.16. The van der Waals surface area contributed by atoms with Crippen molar-refractivity contribution in [3.63, 3.8) is 0 Å². The zero-order valence-electron chi connectivity index (χ0n) is 10.9. The predicted molar refractivity (Wildman–Crippen MR) is 67.1 cm³/mol. The molecule has 0 aromatic heterocycles. The summed E-state index contributed by atoms with van der Waals surface area (Å²) in [6.45, 7) is 2.06. The first kappa shape index (κ1) is 16.0. The van der Waals surface area contributed by atoms with Gasteiger partial charge in [0.05, 0.1) is 5.56 Å². The van der Waals surface area contributed by atoms with Crippen LogP contribution >= 0.6 is 0 Å². The monoisotopic (exact) mass is 277 g/mol. The molecule has 1 atom stereocenters. The van der Waals surface area contributed by atoms with E-state index in [0.717, 1.165) is 31.7 Å². The zero-order valence-corrected chi connectivity index (χ0v) is 10.9. The van der Waals surface area contributed by atoms with E-state index >= 15 is 0 Å². The van der Waals surface area contributed by atoms with Gasteiger partial charge in [0.25, 0.3) is 0 Å². The Labute approximate surface area is 110 Å². The molecule has 0 saturated heterocycles. The second-order valence-electron chi connectivity index (χ2n) is 4.66. The number of halogens is 4. The molecule has 1 rings (SSSR count). The summed E-state index contributed by atoms with van der Waals surface area (Å²) in [5.41, 5.74) is 4.49. The standard InChI is InChI=1S/C14H19F4N/c1-2-3-4-5-9-12(19)10-7-6-8-11(13(10)15)14(16,17)18/h6-8,12H,2-5,9,19H2,1H3. The number of nitrogens with two attached hydrogens (primary N) is 1. The second kappa shape index (κ2) is 6.89. The first-order valence-electron chi connectivity index (χ1n) is 6.49. The molecule has 0 spiro atoms. The number of rotatable bonds is 6. The van der Waals surface area contributed by atoms with E-state index < -0.39 is 23.6 Å². The Balaban J connectivity index is 2.78. The van der Waals surface area contributed by atoms with E-state index in [-0.39, 0.29) is 5.56 Å². The molecule has 1 unspecified atom stereocenters. The molecule has 0 aliphatic heterocycles. The van der Waals surface area contributed by atoms with Crippen molar-refractivity contribution in [2.24, 2.45) is 5.73 Å². The third-order valence-corrected chi connectivity index (χ3v) is 3.10. The molecule has 19 heavy (non-hydrogen) atoms. The molecule has 108 valence electrons. The van der Waals surface area contributed by atoms with Gasteiger partial charge >= 0.3 is 6.18 Å². The minimum atomic E-state index is -4.68. The normalized spacial score (nSPS) is 13.6. The molecule has 1 aromatic carbocycles. The molecular formula is C14H19F4N. The summed E-state index contributed by atoms with van der Waals surface area (Å²) >= 11 is 0. The molecule has 5 heteroatoms. The van der Waals surface area contributed by atoms with E-state index in [4.69, 9.17) is 5.73 Å². The van der Waals surface area contributed by atoms with Gasteiger partial charge in [-0.2, -0.15) is 13.2 Å². The lowest BCUT2D eigenvalue weighted by molar-refractivity contribution is -0.140. The molecule has 2 N–H and O–H groups in total. The van der Waals surface area contributed by atoms with Gasteiger partial charge in [0.1, 0.15) is 5.82 Å². The summed E-state index contributed by atoms with van der Waals surface area (Å²) in [5.74, 6) is -1.24. The highest BCUT2D eigenvalue weighted by Crippen LogP contribution is 2.34. The summed E-state index contributed by atoms with van der Waals surface area (Å²) in [6, 6.07) is 2.59. The topological polar surface area (TPSA) is 26.0 Å². The van der Waals surface area contributed by atoms with Gasteiger partial charge in [-0.3, -0.25) is 0 Å². The van der Waals surface area contributed by atoms with Crippen LogP contribution in [0.25, 0.3) is 0 Å². The van der Waals surface area contributed by atoms with Crippen molar-refractivity contribution in [3.8, 4) is 0 Å². The van der Waals surface area contributed by atoms with Crippen LogP contribution in [0.5, 0.6) is 0 Å². The van der Waals surface area contributed by atoms with Gasteiger partial charge in [-0.05, 0) is 12.5 Å². The molecule has 0 bridgehead atoms. The summed E-state index contributed by atoms with van der Waals surface area (Å²) in [5, 5.41) is 0. The summed E-state index contributed by atoms with van der Waals surface area (Å²) in [7, 11) is 0. The van der Waals surface area contributed by atoms with Crippen LogP contribution in [0.1, 0.15) is 56.2 Å². The maximum Gasteiger partial charge on any atom is 0.419 e. The summed E-state index contributed by atoms with van der Waals surface area (Å²) < 4.78 is 51.5. The lowest BCUT2D eigenvalue weighted by Gasteiger charge is -2.16. The van der Waals surface area contributed by atoms with E-state index in [9.17, 15) is 17.6 Å². The highest BCUT2D eigenvalue weighted by Gasteiger charge is 2.35. The molecule has 1 aromatic rings. The van der Waals surface area contributed by atoms with Gasteiger partial charge in [-0.1, -0.05) is 44.7 Å². The zero-order chi connectivity index (χ0) is 14.5. The molecule has 0 radical (unpaired) electrons. The Kier molecular flexibility index (Phi) is 5.79. The van der Waals surface area contributed by atoms with Gasteiger partial charge in [0.15, 0.2) is 0 Å². The predicted octanol–water partition coefficient (Wildman–Crippen LogP) is 4.81. The average molecular weight is 277 g/mol. The number of alkyl halides is 3. The van der Waals surface area contributed by atoms with Crippen molar-refractivity contribution >= 4 is 0 Å². The average Bonchev–Trinajstić information content (AvgIpc) is 2.33. The van der Waals surface area contributed by atoms with Crippen molar-refractivity contribution in [2.75, 3.05) is 0 Å². The van der Waals surface area contributed by atoms with Crippen molar-refractivity contribution in [1.29, 1.82) is 0 Å². The van der Waals surface area contributed by atoms with Crippen molar-refractivity contribution in [3.05, 3.63) is 35.1 Å². The third kappa shape index (κ3) is 4.49. The highest BCUT2D eigenvalue weighted by molar-refractivity contribution is 5.30. The van der Waals surface area contributed by atoms with Gasteiger partial charge in [0.2, 0.25) is 0 Å². The molecule has 0 saturated carbocycles. The second-order valence-corrected chi connectivity index (χ2v) is 4.66. The maximum atomic E-state index is 13.8. The molecule has 0 fully saturated rings. The number of unbranched alkanes of at least 4 members (excludes halogenated alkanes) is 3. The molecule has 0 aliphatic rings. The van der Waals surface area contributed by atoms with Gasteiger partial charge in [-0.25, -0.2) is 4.39 Å². The Morgan fingerprint density at radius 2 is 1.84 bits per heavy atom. The molecule has 0 aliphatic carbocycles. The van der Waals surface area contributed by atoms with E-state index in [1.54, 1.807) is 0 Å². The smallest absolute Gasteiger partial charge is 0.324 e. The first-order chi connectivity index (χ1) is 8.88. The largest absolute Gasteiger partial charge is 0.419 e. The van der Waals surface area contributed by atoms with Crippen LogP contribution in [0.4, 0.5) is 17.6 Å². The van der Waals surface area contributed by atoms with E-state index in [1.165, 1.54) is 12.1 Å². The Morgan fingerprint density at radius 1 is 1.16 bits per heavy atom. The third-order valence-electron chi connectivity index (χ3n) is 3.10. The van der Waals surface area contributed by atoms with Crippen LogP contribution in [0.2, 0.25) is 0 Å². The highest BCUT2D eigenvalue weighted by atomic mass is 19.4. The summed E-state index contributed by atoms with van der Waals surface area (Å²) in [4.78, 5) is 0. The fourth-order valence-electron chi connectivity index (χ4n) is 2.00. The van der Waals surface area contributed by atoms with Crippen molar-refractivity contribution in [2.45, 2.75) is 51.2 Å². The Morgan fingerprint density at radius 3 is 2.42 bits per heavy atom. The minimum Gasteiger partial charge on any atom is -0.324 e. The minimum absolute atomic E-state index is 0.0497. The van der Waals surface area contributed by atoms with Crippen LogP contribution in [0.15, 0.2) is 18.2 Å². The maximum absolute atomic E-state index is 13.8. The molecule has 0 heterocycles. The quantitative estimate of drug-likeness (QED) is 0.585. The van der Waals surface area contributed by atoms with Crippen LogP contribution < -0.4 is 5.73 Å². The van der Waals surface area contributed by atoms with Crippen LogP contribution in [-0.4, -0.2) is 0 Å². The Hall–Kier alpha value is -1.10. The fourth-order valence-corrected chi connectivity index (χ4v) is 2.00. The van der Waals surface area contributed by atoms with Crippen LogP contribution in [-0.2, 0) is 6.18 Å². The van der Waals surface area contributed by atoms with E-state index in [1.807, 2.05) is 0 Å². The van der Waals surface area contributed by atoms with Crippen molar-refractivity contribution in [1.82, 2.24) is 0 Å². The number of hydrogen-bond donors (Lipinski definition) is 1. The van der Waals surface area contributed by atoms with Gasteiger partial charge in [0, 0.05) is 11.6 Å². The Bertz CT molecular complexity index is 401. The van der Waals surface area contributed by atoms with Gasteiger partial charge in [-0.15, -0.1) is 0 Å². The molecule has 1 nitrogen and oxygen atoms in total. The summed E-state index contributed by atoms with van der Waals surface area (Å²) in [6.07, 6.45) is -0.305. The first-order valence-corrected chi connectivity index (χ1v) is 6.49. The number of hydrogen-bond acceptors (Lipinski definition) is 1. The van der Waals surface area contributed by atoms with Crippen LogP contribution in [0.3, 0.4) is 0 Å². The van der Waals surface area contributed by atoms with E-state index in [2.05, 4.69) is 6.92 Å². The SMILES string of the molecule is CCCCCCC(N)c1cccc(C(F)(F)F)c1F. The lowest BCUT2D eigenvalue weighted by atomic mass is 9.98. The van der Waals surface area contributed by atoms with Gasteiger partial charge < -0.3 is 5.73 Å².